The summed E-state index contributed by atoms with van der Waals surface area (Å²) in [5.41, 5.74) is 3.80. The maximum atomic E-state index is 12.8. The lowest BCUT2D eigenvalue weighted by atomic mass is 10.0. The predicted octanol–water partition coefficient (Wildman–Crippen LogP) is 4.43. The highest BCUT2D eigenvalue weighted by Crippen LogP contribution is 2.30. The average molecular weight is 498 g/mol. The maximum Gasteiger partial charge on any atom is 0.327 e. The van der Waals surface area contributed by atoms with Crippen LogP contribution in [0, 0.1) is 0 Å². The minimum atomic E-state index is -2.85. The van der Waals surface area contributed by atoms with Gasteiger partial charge in [0, 0.05) is 40.6 Å². The van der Waals surface area contributed by atoms with Crippen molar-refractivity contribution in [2.24, 2.45) is 0 Å². The summed E-state index contributed by atoms with van der Waals surface area (Å²) < 4.78 is 24.9. The van der Waals surface area contributed by atoms with Gasteiger partial charge in [-0.05, 0) is 59.9 Å². The number of anilines is 2. The van der Waals surface area contributed by atoms with Crippen molar-refractivity contribution in [2.75, 3.05) is 15.7 Å². The number of carbonyl (C=O) groups is 2. The molecule has 0 aromatic heterocycles. The van der Waals surface area contributed by atoms with Crippen molar-refractivity contribution >= 4 is 46.1 Å². The summed E-state index contributed by atoms with van der Waals surface area (Å²) in [5, 5.41) is 10.4. The minimum absolute atomic E-state index is 0.0954. The van der Waals surface area contributed by atoms with E-state index in [1.165, 1.54) is 0 Å². The Morgan fingerprint density at radius 1 is 1.03 bits per heavy atom. The van der Waals surface area contributed by atoms with Crippen molar-refractivity contribution in [2.45, 2.75) is 25.3 Å². The fraction of sp³-hybridized carbons (Fsp3) is 0.200. The molecule has 2 unspecified atom stereocenters. The second-order valence-corrected chi connectivity index (χ2v) is 9.18. The summed E-state index contributed by atoms with van der Waals surface area (Å²) in [4.78, 5) is 26.5. The molecule has 9 heteroatoms. The third-order valence-corrected chi connectivity index (χ3v) is 6.89. The number of hydrogen-bond acceptors (Lipinski definition) is 4. The van der Waals surface area contributed by atoms with Crippen LogP contribution < -0.4 is 9.21 Å². The van der Waals surface area contributed by atoms with E-state index in [1.807, 2.05) is 36.4 Å². The van der Waals surface area contributed by atoms with Gasteiger partial charge >= 0.3 is 5.97 Å². The van der Waals surface area contributed by atoms with Crippen LogP contribution >= 0.6 is 11.6 Å². The molecule has 0 saturated heterocycles. The molecule has 176 valence electrons. The van der Waals surface area contributed by atoms with Gasteiger partial charge in [-0.3, -0.25) is 13.3 Å². The van der Waals surface area contributed by atoms with E-state index < -0.39 is 23.3 Å². The van der Waals surface area contributed by atoms with Crippen molar-refractivity contribution in [3.05, 3.63) is 83.4 Å². The molecule has 2 atom stereocenters. The largest absolute Gasteiger partial charge is 0.755 e. The molecule has 1 amide bonds. The van der Waals surface area contributed by atoms with Crippen LogP contribution in [0.4, 0.5) is 11.4 Å². The van der Waals surface area contributed by atoms with Gasteiger partial charge in [0.15, 0.2) is 0 Å². The normalized spacial score (nSPS) is 14.4. The fourth-order valence-corrected chi connectivity index (χ4v) is 4.97. The first-order chi connectivity index (χ1) is 16.3. The van der Waals surface area contributed by atoms with Crippen molar-refractivity contribution in [1.82, 2.24) is 0 Å². The zero-order valence-electron chi connectivity index (χ0n) is 18.1. The van der Waals surface area contributed by atoms with E-state index >= 15 is 0 Å². The number of benzene rings is 3. The Morgan fingerprint density at radius 3 is 2.26 bits per heavy atom. The van der Waals surface area contributed by atoms with Crippen LogP contribution in [0.2, 0.25) is 5.02 Å². The highest BCUT2D eigenvalue weighted by Gasteiger charge is 2.30. The molecule has 3 aromatic rings. The van der Waals surface area contributed by atoms with E-state index in [2.05, 4.69) is 0 Å². The van der Waals surface area contributed by atoms with Crippen LogP contribution in [0.5, 0.6) is 0 Å². The molecule has 34 heavy (non-hydrogen) atoms. The molecular formula is C25H22ClN2O5S-. The van der Waals surface area contributed by atoms with Gasteiger partial charge in [-0.15, -0.1) is 0 Å². The number of halogens is 1. The standard InChI is InChI=1S/C25H23ClN2O5S/c26-20-9-5-17(6-10-20)18-7-11-21(12-8-18)28(34(32)33)23(25(30)31)13-14-24(29)27-16-15-19-3-1-2-4-22(19)27/h1-12,23H,13-16H2,(H,30,31)(H,32,33)/p-1. The average Bonchev–Trinajstić information content (AvgIpc) is 3.26. The zero-order chi connectivity index (χ0) is 24.2. The molecule has 1 heterocycles. The summed E-state index contributed by atoms with van der Waals surface area (Å²) in [6.45, 7) is 0.527. The van der Waals surface area contributed by atoms with E-state index in [1.54, 1.807) is 41.3 Å². The Hall–Kier alpha value is -3.20. The Bertz CT molecular complexity index is 1220. The number of hydrogen-bond donors (Lipinski definition) is 1. The molecule has 1 aliphatic rings. The second kappa shape index (κ2) is 10.4. The first-order valence-electron chi connectivity index (χ1n) is 10.7. The van der Waals surface area contributed by atoms with Gasteiger partial charge in [0.05, 0.1) is 0 Å². The molecule has 4 rings (SSSR count). The quantitative estimate of drug-likeness (QED) is 0.464. The first-order valence-corrected chi connectivity index (χ1v) is 12.1. The number of carboxylic acid groups (broad SMARTS) is 1. The molecule has 0 radical (unpaired) electrons. The molecule has 0 spiro atoms. The fourth-order valence-electron chi connectivity index (χ4n) is 4.15. The maximum absolute atomic E-state index is 12.8. The molecule has 3 aromatic carbocycles. The van der Waals surface area contributed by atoms with Crippen LogP contribution in [0.1, 0.15) is 18.4 Å². The van der Waals surface area contributed by atoms with Gasteiger partial charge in [-0.2, -0.15) is 0 Å². The van der Waals surface area contributed by atoms with Gasteiger partial charge < -0.3 is 14.6 Å². The molecule has 0 saturated carbocycles. The van der Waals surface area contributed by atoms with Crippen LogP contribution in [0.3, 0.4) is 0 Å². The molecule has 1 aliphatic heterocycles. The summed E-state index contributed by atoms with van der Waals surface area (Å²) in [5.74, 6) is -1.55. The summed E-state index contributed by atoms with van der Waals surface area (Å²) in [6.07, 6.45) is 0.489. The third-order valence-electron chi connectivity index (χ3n) is 5.85. The first kappa shape index (κ1) is 23.9. The summed E-state index contributed by atoms with van der Waals surface area (Å²) in [6, 6.07) is 19.9. The van der Waals surface area contributed by atoms with Crippen molar-refractivity contribution < 1.29 is 23.5 Å². The van der Waals surface area contributed by atoms with Gasteiger partial charge in [-0.25, -0.2) is 4.79 Å². The van der Waals surface area contributed by atoms with Gasteiger partial charge in [0.1, 0.15) is 6.04 Å². The van der Waals surface area contributed by atoms with Gasteiger partial charge in [-0.1, -0.05) is 54.1 Å². The van der Waals surface area contributed by atoms with E-state index in [4.69, 9.17) is 11.6 Å². The van der Waals surface area contributed by atoms with E-state index in [9.17, 15) is 23.5 Å². The number of nitrogens with zero attached hydrogens (tertiary/aromatic N) is 2. The Balaban J connectivity index is 1.51. The van der Waals surface area contributed by atoms with Crippen LogP contribution in [-0.2, 0) is 27.3 Å². The smallest absolute Gasteiger partial charge is 0.327 e. The SMILES string of the molecule is O=C(O)C(CCC(=O)N1CCc2ccccc21)N(c1ccc(-c2ccc(Cl)cc2)cc1)S(=O)[O-]. The lowest BCUT2D eigenvalue weighted by molar-refractivity contribution is -0.138. The Kier molecular flexibility index (Phi) is 7.31. The molecule has 0 bridgehead atoms. The number of carbonyl (C=O) groups excluding carboxylic acids is 1. The van der Waals surface area contributed by atoms with Crippen molar-refractivity contribution in [3.63, 3.8) is 0 Å². The monoisotopic (exact) mass is 497 g/mol. The van der Waals surface area contributed by atoms with Crippen LogP contribution in [0.15, 0.2) is 72.8 Å². The molecule has 0 fully saturated rings. The molecule has 0 aliphatic carbocycles. The number of para-hydroxylation sites is 1. The Morgan fingerprint density at radius 2 is 1.65 bits per heavy atom. The highest BCUT2D eigenvalue weighted by molar-refractivity contribution is 7.80. The zero-order valence-corrected chi connectivity index (χ0v) is 19.7. The molecular weight excluding hydrogens is 476 g/mol. The van der Waals surface area contributed by atoms with Crippen LogP contribution in [0.25, 0.3) is 11.1 Å². The van der Waals surface area contributed by atoms with E-state index in [0.29, 0.717) is 11.6 Å². The lowest BCUT2D eigenvalue weighted by Gasteiger charge is -2.32. The van der Waals surface area contributed by atoms with Gasteiger partial charge in [0.25, 0.3) is 0 Å². The van der Waals surface area contributed by atoms with Crippen LogP contribution in [-0.4, -0.2) is 38.3 Å². The molecule has 7 nitrogen and oxygen atoms in total. The molecule has 1 N–H and O–H groups in total. The number of aliphatic carboxylic acids is 1. The van der Waals surface area contributed by atoms with Crippen molar-refractivity contribution in [3.8, 4) is 11.1 Å². The number of amides is 1. The highest BCUT2D eigenvalue weighted by atomic mass is 35.5. The number of rotatable bonds is 8. The van der Waals surface area contributed by atoms with Crippen molar-refractivity contribution in [1.29, 1.82) is 0 Å². The summed E-state index contributed by atoms with van der Waals surface area (Å²) in [7, 11) is 0. The topological polar surface area (TPSA) is 101 Å². The minimum Gasteiger partial charge on any atom is -0.755 e. The second-order valence-electron chi connectivity index (χ2n) is 7.91. The number of fused-ring (bicyclic) bond motifs is 1. The lowest BCUT2D eigenvalue weighted by Crippen LogP contribution is -2.43. The third kappa shape index (κ3) is 5.14. The summed E-state index contributed by atoms with van der Waals surface area (Å²) >= 11 is 3.07. The number of carboxylic acids is 1. The predicted molar refractivity (Wildman–Crippen MR) is 131 cm³/mol. The van der Waals surface area contributed by atoms with Gasteiger partial charge in [0.2, 0.25) is 5.91 Å². The van der Waals surface area contributed by atoms with E-state index in [0.717, 1.165) is 33.1 Å². The Labute approximate surface area is 205 Å². The van der Waals surface area contributed by atoms with E-state index in [-0.39, 0.29) is 24.4 Å².